The van der Waals surface area contributed by atoms with Gasteiger partial charge in [0.1, 0.15) is 0 Å². The van der Waals surface area contributed by atoms with Gasteiger partial charge in [-0.25, -0.2) is 0 Å². The zero-order valence-electron chi connectivity index (χ0n) is 12.9. The van der Waals surface area contributed by atoms with E-state index in [2.05, 4.69) is 48.0 Å². The SMILES string of the molecule is CCN(CC)C(CN=C(N)N(C)C)c1ccccc1.I. The minimum atomic E-state index is 0. The molecule has 0 aliphatic heterocycles. The second-order valence-electron chi connectivity index (χ2n) is 4.74. The smallest absolute Gasteiger partial charge is 0.190 e. The lowest BCUT2D eigenvalue weighted by Crippen LogP contribution is -2.34. The Labute approximate surface area is 140 Å². The highest BCUT2D eigenvalue weighted by atomic mass is 127. The molecule has 0 spiro atoms. The number of nitrogens with two attached hydrogens (primary N) is 1. The molecule has 1 aromatic rings. The van der Waals surface area contributed by atoms with Gasteiger partial charge in [0.25, 0.3) is 0 Å². The summed E-state index contributed by atoms with van der Waals surface area (Å²) in [4.78, 5) is 8.74. The maximum Gasteiger partial charge on any atom is 0.190 e. The second-order valence-corrected chi connectivity index (χ2v) is 4.74. The maximum atomic E-state index is 5.88. The van der Waals surface area contributed by atoms with Crippen molar-refractivity contribution in [3.63, 3.8) is 0 Å². The Kier molecular flexibility index (Phi) is 9.58. The first-order valence-electron chi connectivity index (χ1n) is 6.86. The first-order chi connectivity index (χ1) is 9.10. The summed E-state index contributed by atoms with van der Waals surface area (Å²) in [6.45, 7) is 7.06. The normalized spacial score (nSPS) is 12.9. The number of hydrogen-bond acceptors (Lipinski definition) is 2. The fourth-order valence-electron chi connectivity index (χ4n) is 2.09. The third-order valence-electron chi connectivity index (χ3n) is 3.32. The molecule has 0 bridgehead atoms. The Bertz CT molecular complexity index is 388. The summed E-state index contributed by atoms with van der Waals surface area (Å²) in [5.41, 5.74) is 7.18. The van der Waals surface area contributed by atoms with Crippen molar-refractivity contribution >= 4 is 29.9 Å². The summed E-state index contributed by atoms with van der Waals surface area (Å²) in [6, 6.07) is 10.8. The average Bonchev–Trinajstić information content (AvgIpc) is 2.43. The molecule has 5 heteroatoms. The number of aliphatic imine (C=N–C) groups is 1. The summed E-state index contributed by atoms with van der Waals surface area (Å²) in [6.07, 6.45) is 0. The van der Waals surface area contributed by atoms with Crippen LogP contribution in [0.15, 0.2) is 35.3 Å². The molecule has 1 aromatic carbocycles. The lowest BCUT2D eigenvalue weighted by atomic mass is 10.1. The molecular weight excluding hydrogens is 363 g/mol. The van der Waals surface area contributed by atoms with E-state index in [4.69, 9.17) is 5.73 Å². The molecule has 1 rings (SSSR count). The second kappa shape index (κ2) is 9.99. The molecule has 1 atom stereocenters. The van der Waals surface area contributed by atoms with E-state index >= 15 is 0 Å². The zero-order chi connectivity index (χ0) is 14.3. The number of hydrogen-bond donors (Lipinski definition) is 1. The van der Waals surface area contributed by atoms with Gasteiger partial charge in [0, 0.05) is 14.1 Å². The van der Waals surface area contributed by atoms with Crippen LogP contribution in [0, 0.1) is 0 Å². The minimum Gasteiger partial charge on any atom is -0.370 e. The summed E-state index contributed by atoms with van der Waals surface area (Å²) < 4.78 is 0. The predicted molar refractivity (Wildman–Crippen MR) is 97.7 cm³/mol. The molecule has 114 valence electrons. The molecule has 0 heterocycles. The van der Waals surface area contributed by atoms with Crippen LogP contribution in [0.25, 0.3) is 0 Å². The highest BCUT2D eigenvalue weighted by molar-refractivity contribution is 14.0. The van der Waals surface area contributed by atoms with Gasteiger partial charge in [-0.05, 0) is 18.7 Å². The number of benzene rings is 1. The molecule has 20 heavy (non-hydrogen) atoms. The maximum absolute atomic E-state index is 5.88. The third-order valence-corrected chi connectivity index (χ3v) is 3.32. The van der Waals surface area contributed by atoms with Gasteiger partial charge in [-0.15, -0.1) is 24.0 Å². The molecule has 0 radical (unpaired) electrons. The van der Waals surface area contributed by atoms with Crippen molar-refractivity contribution in [1.82, 2.24) is 9.80 Å². The van der Waals surface area contributed by atoms with Gasteiger partial charge in [-0.3, -0.25) is 9.89 Å². The van der Waals surface area contributed by atoms with Gasteiger partial charge < -0.3 is 10.6 Å². The van der Waals surface area contributed by atoms with E-state index in [-0.39, 0.29) is 30.0 Å². The van der Waals surface area contributed by atoms with Crippen molar-refractivity contribution in [3.05, 3.63) is 35.9 Å². The van der Waals surface area contributed by atoms with Gasteiger partial charge in [-0.1, -0.05) is 44.2 Å². The van der Waals surface area contributed by atoms with E-state index in [0.717, 1.165) is 13.1 Å². The molecular formula is C15H27IN4. The van der Waals surface area contributed by atoms with Crippen molar-refractivity contribution in [2.24, 2.45) is 10.7 Å². The zero-order valence-corrected chi connectivity index (χ0v) is 15.2. The summed E-state index contributed by atoms with van der Waals surface area (Å²) >= 11 is 0. The van der Waals surface area contributed by atoms with Crippen molar-refractivity contribution in [2.75, 3.05) is 33.7 Å². The lowest BCUT2D eigenvalue weighted by Gasteiger charge is -2.29. The van der Waals surface area contributed by atoms with Crippen LogP contribution in [0.5, 0.6) is 0 Å². The minimum absolute atomic E-state index is 0. The number of halogens is 1. The molecule has 0 saturated heterocycles. The molecule has 0 aliphatic rings. The number of rotatable bonds is 6. The molecule has 0 aliphatic carbocycles. The van der Waals surface area contributed by atoms with Gasteiger partial charge in [0.05, 0.1) is 12.6 Å². The fourth-order valence-corrected chi connectivity index (χ4v) is 2.09. The predicted octanol–water partition coefficient (Wildman–Crippen LogP) is 2.56. The molecule has 1 unspecified atom stereocenters. The molecule has 2 N–H and O–H groups in total. The monoisotopic (exact) mass is 390 g/mol. The van der Waals surface area contributed by atoms with Crippen LogP contribution >= 0.6 is 24.0 Å². The molecule has 4 nitrogen and oxygen atoms in total. The quantitative estimate of drug-likeness (QED) is 0.461. The van der Waals surface area contributed by atoms with Crippen LogP contribution in [-0.2, 0) is 0 Å². The highest BCUT2D eigenvalue weighted by Crippen LogP contribution is 2.20. The average molecular weight is 390 g/mol. The standard InChI is InChI=1S/C15H26N4.HI/c1-5-19(6-2)14(12-17-15(16)18(3)4)13-10-8-7-9-11-13;/h7-11,14H,5-6,12H2,1-4H3,(H2,16,17);1H. The molecule has 0 amide bonds. The van der Waals surface area contributed by atoms with E-state index in [1.54, 1.807) is 0 Å². The Morgan fingerprint density at radius 3 is 2.15 bits per heavy atom. The van der Waals surface area contributed by atoms with Crippen molar-refractivity contribution in [2.45, 2.75) is 19.9 Å². The van der Waals surface area contributed by atoms with E-state index in [0.29, 0.717) is 12.5 Å². The number of nitrogens with zero attached hydrogens (tertiary/aromatic N) is 3. The van der Waals surface area contributed by atoms with Gasteiger partial charge >= 0.3 is 0 Å². The molecule has 0 aromatic heterocycles. The Morgan fingerprint density at radius 2 is 1.70 bits per heavy atom. The van der Waals surface area contributed by atoms with Crippen molar-refractivity contribution in [3.8, 4) is 0 Å². The van der Waals surface area contributed by atoms with Crippen LogP contribution in [0.1, 0.15) is 25.5 Å². The van der Waals surface area contributed by atoms with Gasteiger partial charge in [-0.2, -0.15) is 0 Å². The van der Waals surface area contributed by atoms with Crippen LogP contribution < -0.4 is 5.73 Å². The van der Waals surface area contributed by atoms with Crippen LogP contribution in [-0.4, -0.2) is 49.5 Å². The Morgan fingerprint density at radius 1 is 1.15 bits per heavy atom. The Balaban J connectivity index is 0.00000361. The topological polar surface area (TPSA) is 44.9 Å². The summed E-state index contributed by atoms with van der Waals surface area (Å²) in [5, 5.41) is 0. The lowest BCUT2D eigenvalue weighted by molar-refractivity contribution is 0.224. The van der Waals surface area contributed by atoms with E-state index in [1.165, 1.54) is 5.56 Å². The molecule has 0 saturated carbocycles. The first kappa shape index (κ1) is 19.2. The number of guanidine groups is 1. The first-order valence-corrected chi connectivity index (χ1v) is 6.86. The summed E-state index contributed by atoms with van der Waals surface area (Å²) in [7, 11) is 3.82. The van der Waals surface area contributed by atoms with Crippen LogP contribution in [0.2, 0.25) is 0 Å². The van der Waals surface area contributed by atoms with Crippen molar-refractivity contribution < 1.29 is 0 Å². The van der Waals surface area contributed by atoms with Crippen LogP contribution in [0.4, 0.5) is 0 Å². The number of likely N-dealkylation sites (N-methyl/N-ethyl adjacent to an activating group) is 1. The van der Waals surface area contributed by atoms with Crippen LogP contribution in [0.3, 0.4) is 0 Å². The van der Waals surface area contributed by atoms with E-state index in [1.807, 2.05) is 25.1 Å². The van der Waals surface area contributed by atoms with E-state index < -0.39 is 0 Å². The highest BCUT2D eigenvalue weighted by Gasteiger charge is 2.17. The Hall–Kier alpha value is -0.820. The van der Waals surface area contributed by atoms with Gasteiger partial charge in [0.15, 0.2) is 5.96 Å². The van der Waals surface area contributed by atoms with E-state index in [9.17, 15) is 0 Å². The largest absolute Gasteiger partial charge is 0.370 e. The fraction of sp³-hybridized carbons (Fsp3) is 0.533. The summed E-state index contributed by atoms with van der Waals surface area (Å²) in [5.74, 6) is 0.577. The van der Waals surface area contributed by atoms with Gasteiger partial charge in [0.2, 0.25) is 0 Å². The third kappa shape index (κ3) is 5.66. The van der Waals surface area contributed by atoms with Crippen molar-refractivity contribution in [1.29, 1.82) is 0 Å². The molecule has 0 fully saturated rings.